The summed E-state index contributed by atoms with van der Waals surface area (Å²) < 4.78 is 6.32. The van der Waals surface area contributed by atoms with Crippen LogP contribution in [-0.2, 0) is 16.2 Å². The van der Waals surface area contributed by atoms with Crippen molar-refractivity contribution < 1.29 is 19.2 Å². The molecule has 12 heteroatoms. The minimum Gasteiger partial charge on any atom is -0.489 e. The monoisotopic (exact) mass is 659 g/mol. The third-order valence-corrected chi connectivity index (χ3v) is 12.7. The van der Waals surface area contributed by atoms with E-state index in [1.807, 2.05) is 43.3 Å². The van der Waals surface area contributed by atoms with Crippen LogP contribution in [0.15, 0.2) is 76.6 Å². The van der Waals surface area contributed by atoms with Gasteiger partial charge in [-0.2, -0.15) is 0 Å². The Balaban J connectivity index is 1.22. The molecule has 5 unspecified atom stereocenters. The van der Waals surface area contributed by atoms with E-state index in [0.717, 1.165) is 32.4 Å². The van der Waals surface area contributed by atoms with E-state index in [9.17, 15) is 24.5 Å². The number of benzene rings is 3. The molecule has 2 aliphatic heterocycles. The number of thioether (sulfide) groups is 1. The van der Waals surface area contributed by atoms with Gasteiger partial charge in [-0.15, -0.1) is 11.8 Å². The molecule has 1 N–H and O–H groups in total. The topological polar surface area (TPSA) is 123 Å². The lowest BCUT2D eigenvalue weighted by molar-refractivity contribution is -0.385. The number of aryl methyl sites for hydroxylation is 1. The van der Waals surface area contributed by atoms with Crippen LogP contribution in [0.25, 0.3) is 0 Å². The number of aromatic nitrogens is 1. The first-order valence-electron chi connectivity index (χ1n) is 14.7. The molecule has 1 saturated heterocycles. The normalized spacial score (nSPS) is 27.8. The van der Waals surface area contributed by atoms with Crippen LogP contribution >= 0.6 is 34.7 Å². The highest BCUT2D eigenvalue weighted by atomic mass is 35.5. The number of carbonyl (C=O) groups excluding carboxylic acids is 2. The molecule has 2 aliphatic carbocycles. The number of thiazole rings is 1. The Morgan fingerprint density at radius 3 is 2.51 bits per heavy atom. The lowest BCUT2D eigenvalue weighted by Crippen LogP contribution is -2.42. The lowest BCUT2D eigenvalue weighted by Gasteiger charge is -2.43. The molecule has 8 rings (SSSR count). The maximum absolute atomic E-state index is 14.1. The van der Waals surface area contributed by atoms with Gasteiger partial charge in [-0.1, -0.05) is 52.8 Å². The smallest absolute Gasteiger partial charge is 0.305 e. The summed E-state index contributed by atoms with van der Waals surface area (Å²) in [6, 6.07) is 19.3. The quantitative estimate of drug-likeness (QED) is 0.141. The van der Waals surface area contributed by atoms with Gasteiger partial charge < -0.3 is 9.72 Å². The number of amides is 2. The Bertz CT molecular complexity index is 1960. The third kappa shape index (κ3) is 4.46. The summed E-state index contributed by atoms with van der Waals surface area (Å²) in [7, 11) is 0. The number of hydrogen-bond donors (Lipinski definition) is 1. The summed E-state index contributed by atoms with van der Waals surface area (Å²) in [5, 5.41) is 13.2. The number of non-ortho nitro benzene ring substituents is 1. The van der Waals surface area contributed by atoms with Crippen LogP contribution in [0.1, 0.15) is 33.9 Å². The number of aromatic amines is 1. The molecule has 0 radical (unpaired) electrons. The van der Waals surface area contributed by atoms with Gasteiger partial charge in [0, 0.05) is 38.8 Å². The molecule has 2 saturated carbocycles. The Kier molecular flexibility index (Phi) is 6.70. The fourth-order valence-corrected chi connectivity index (χ4v) is 11.2. The van der Waals surface area contributed by atoms with Gasteiger partial charge >= 0.3 is 4.87 Å². The van der Waals surface area contributed by atoms with Crippen molar-refractivity contribution in [1.82, 2.24) is 4.98 Å². The van der Waals surface area contributed by atoms with E-state index >= 15 is 0 Å². The molecule has 4 aliphatic rings. The van der Waals surface area contributed by atoms with Crippen LogP contribution in [0.4, 0.5) is 11.4 Å². The average Bonchev–Trinajstić information content (AvgIpc) is 3.75. The molecule has 7 atom stereocenters. The van der Waals surface area contributed by atoms with E-state index in [0.29, 0.717) is 28.4 Å². The number of halogens is 1. The average molecular weight is 660 g/mol. The van der Waals surface area contributed by atoms with Crippen LogP contribution in [0.3, 0.4) is 0 Å². The Morgan fingerprint density at radius 2 is 1.78 bits per heavy atom. The maximum atomic E-state index is 14.1. The highest BCUT2D eigenvalue weighted by Crippen LogP contribution is 2.69. The number of nitrogens with zero attached hydrogens (tertiary/aromatic N) is 2. The van der Waals surface area contributed by atoms with Crippen molar-refractivity contribution in [3.05, 3.63) is 113 Å². The third-order valence-electron chi connectivity index (χ3n) is 9.84. The minimum absolute atomic E-state index is 0.0613. The van der Waals surface area contributed by atoms with E-state index in [-0.39, 0.29) is 52.0 Å². The number of nitro groups is 1. The molecular formula is C33H26ClN3O6S2. The Labute approximate surface area is 270 Å². The van der Waals surface area contributed by atoms with Crippen LogP contribution in [0.2, 0.25) is 5.02 Å². The number of ether oxygens (including phenoxy) is 1. The molecule has 3 aromatic carbocycles. The summed E-state index contributed by atoms with van der Waals surface area (Å²) in [5.74, 6) is -1.58. The summed E-state index contributed by atoms with van der Waals surface area (Å²) in [6.07, 6.45) is 0.709. The number of anilines is 1. The van der Waals surface area contributed by atoms with Gasteiger partial charge in [0.15, 0.2) is 0 Å². The van der Waals surface area contributed by atoms with E-state index in [1.165, 1.54) is 11.0 Å². The van der Waals surface area contributed by atoms with Crippen LogP contribution in [0.5, 0.6) is 5.75 Å². The largest absolute Gasteiger partial charge is 0.489 e. The molecule has 3 fully saturated rings. The van der Waals surface area contributed by atoms with Gasteiger partial charge in [0.25, 0.3) is 5.69 Å². The number of rotatable bonds is 6. The molecule has 0 spiro atoms. The van der Waals surface area contributed by atoms with Gasteiger partial charge in [0.05, 0.1) is 27.5 Å². The van der Waals surface area contributed by atoms with Gasteiger partial charge in [-0.05, 0) is 67.0 Å². The molecular weight excluding hydrogens is 634 g/mol. The molecule has 4 aromatic rings. The van der Waals surface area contributed by atoms with E-state index in [4.69, 9.17) is 16.3 Å². The zero-order valence-electron chi connectivity index (χ0n) is 23.8. The van der Waals surface area contributed by atoms with Crippen molar-refractivity contribution >= 4 is 57.9 Å². The predicted molar refractivity (Wildman–Crippen MR) is 171 cm³/mol. The van der Waals surface area contributed by atoms with E-state index < -0.39 is 22.7 Å². The van der Waals surface area contributed by atoms with Crippen molar-refractivity contribution in [2.75, 3.05) is 4.90 Å². The first-order valence-corrected chi connectivity index (χ1v) is 16.8. The van der Waals surface area contributed by atoms with Gasteiger partial charge in [-0.25, -0.2) is 0 Å². The van der Waals surface area contributed by atoms with Gasteiger partial charge in [0.2, 0.25) is 11.8 Å². The lowest BCUT2D eigenvalue weighted by atomic mass is 9.68. The standard InChI is InChI=1S/C33H26ClN3O6S2/c1-15-5-7-18(8-6-15)36-31(38)26-21-13-22(27(26)32(36)39)28-25(21)24(29-30(44-28)35-33(40)45-29)20-12-19(37(41)42)9-10-23(20)43-14-16-3-2-4-17(34)11-16/h2-12,21-22,24-28H,13-14H2,1H3,(H,35,40)/t21-,22-,24?,25?,26?,27?,28?/m1/s1. The van der Waals surface area contributed by atoms with Gasteiger partial charge in [-0.3, -0.25) is 29.4 Å². The summed E-state index contributed by atoms with van der Waals surface area (Å²) in [4.78, 5) is 57.2. The Morgan fingerprint density at radius 1 is 1.02 bits per heavy atom. The molecule has 9 nitrogen and oxygen atoms in total. The Hall–Kier alpha value is -3.93. The second-order valence-corrected chi connectivity index (χ2v) is 14.8. The molecule has 228 valence electrons. The number of carbonyl (C=O) groups is 2. The summed E-state index contributed by atoms with van der Waals surface area (Å²) in [5.41, 5.74) is 2.97. The number of fused-ring (bicyclic) bond motifs is 9. The molecule has 2 bridgehead atoms. The number of H-pyrrole nitrogens is 1. The van der Waals surface area contributed by atoms with Crippen LogP contribution in [0, 0.1) is 46.6 Å². The van der Waals surface area contributed by atoms with Crippen molar-refractivity contribution in [1.29, 1.82) is 0 Å². The number of hydrogen-bond acceptors (Lipinski definition) is 8. The molecule has 45 heavy (non-hydrogen) atoms. The highest BCUT2D eigenvalue weighted by Gasteiger charge is 2.70. The number of nitro benzene ring substituents is 1. The fraction of sp³-hybridized carbons (Fsp3) is 0.303. The molecule has 3 heterocycles. The zero-order valence-corrected chi connectivity index (χ0v) is 26.2. The second kappa shape index (κ2) is 10.6. The van der Waals surface area contributed by atoms with E-state index in [2.05, 4.69) is 4.98 Å². The first kappa shape index (κ1) is 28.5. The van der Waals surface area contributed by atoms with E-state index in [1.54, 1.807) is 36.0 Å². The van der Waals surface area contributed by atoms with Gasteiger partial charge in [0.1, 0.15) is 12.4 Å². The number of imide groups is 1. The summed E-state index contributed by atoms with van der Waals surface area (Å²) in [6.45, 7) is 2.14. The minimum atomic E-state index is -0.486. The molecule has 2 amide bonds. The second-order valence-electron chi connectivity index (χ2n) is 12.2. The first-order chi connectivity index (χ1) is 21.7. The zero-order chi connectivity index (χ0) is 31.1. The van der Waals surface area contributed by atoms with Crippen molar-refractivity contribution in [2.45, 2.75) is 36.1 Å². The fourth-order valence-electron chi connectivity index (χ4n) is 8.13. The number of nitrogens with one attached hydrogen (secondary N) is 1. The van der Waals surface area contributed by atoms with Crippen molar-refractivity contribution in [2.24, 2.45) is 29.6 Å². The highest BCUT2D eigenvalue weighted by molar-refractivity contribution is 8.00. The van der Waals surface area contributed by atoms with Crippen LogP contribution < -0.4 is 14.5 Å². The van der Waals surface area contributed by atoms with Crippen LogP contribution in [-0.4, -0.2) is 27.0 Å². The SMILES string of the molecule is Cc1ccc(N2C(=O)C3C(C2=O)[C@@H]2C[C@H]3C3Sc4[nH]c(=O)sc4C(c4cc([N+](=O)[O-])ccc4OCc4cccc(Cl)c4)C32)cc1. The molecule has 1 aromatic heterocycles. The maximum Gasteiger partial charge on any atom is 0.305 e. The predicted octanol–water partition coefficient (Wildman–Crippen LogP) is 6.56. The van der Waals surface area contributed by atoms with Crippen molar-refractivity contribution in [3.63, 3.8) is 0 Å². The summed E-state index contributed by atoms with van der Waals surface area (Å²) >= 11 is 8.86. The van der Waals surface area contributed by atoms with Crippen molar-refractivity contribution in [3.8, 4) is 5.75 Å².